The number of aliphatic hydroxyl groups excluding tert-OH is 1. The lowest BCUT2D eigenvalue weighted by Crippen LogP contribution is -2.37. The van der Waals surface area contributed by atoms with Gasteiger partial charge in [0.15, 0.2) is 6.61 Å². The monoisotopic (exact) mass is 403 g/mol. The van der Waals surface area contributed by atoms with Crippen LogP contribution < -0.4 is 10.1 Å². The van der Waals surface area contributed by atoms with Crippen LogP contribution in [0.5, 0.6) is 5.75 Å². The van der Waals surface area contributed by atoms with Crippen molar-refractivity contribution in [3.05, 3.63) is 63.7 Å². The van der Waals surface area contributed by atoms with Crippen molar-refractivity contribution >= 4 is 17.6 Å². The van der Waals surface area contributed by atoms with Crippen LogP contribution in [0, 0.1) is 0 Å². The molecule has 1 aliphatic rings. The van der Waals surface area contributed by atoms with Crippen LogP contribution in [0.2, 0.25) is 5.02 Å². The molecule has 150 valence electrons. The number of hydrogen-bond donors (Lipinski definition) is 3. The number of rotatable bonds is 8. The summed E-state index contributed by atoms with van der Waals surface area (Å²) < 4.78 is 5.49. The molecule has 5 nitrogen and oxygen atoms in total. The number of hydrogen-bond acceptors (Lipinski definition) is 4. The lowest BCUT2D eigenvalue weighted by molar-refractivity contribution is -0.139. The Kier molecular flexibility index (Phi) is 6.94. The van der Waals surface area contributed by atoms with Crippen LogP contribution in [0.3, 0.4) is 0 Å². The molecule has 0 heterocycles. The highest BCUT2D eigenvalue weighted by molar-refractivity contribution is 6.30. The number of carboxylic acids is 1. The lowest BCUT2D eigenvalue weighted by Gasteiger charge is -2.29. The quantitative estimate of drug-likeness (QED) is 0.628. The third kappa shape index (κ3) is 5.04. The zero-order valence-electron chi connectivity index (χ0n) is 16.0. The van der Waals surface area contributed by atoms with Gasteiger partial charge in [-0.15, -0.1) is 0 Å². The average molecular weight is 404 g/mol. The van der Waals surface area contributed by atoms with Crippen LogP contribution >= 0.6 is 11.6 Å². The Labute approximate surface area is 170 Å². The van der Waals surface area contributed by atoms with E-state index in [0.717, 1.165) is 36.8 Å². The molecule has 0 saturated carbocycles. The van der Waals surface area contributed by atoms with Gasteiger partial charge in [0.1, 0.15) is 5.75 Å². The van der Waals surface area contributed by atoms with E-state index >= 15 is 0 Å². The minimum atomic E-state index is -0.977. The highest BCUT2D eigenvalue weighted by atomic mass is 35.5. The van der Waals surface area contributed by atoms with Gasteiger partial charge >= 0.3 is 5.97 Å². The summed E-state index contributed by atoms with van der Waals surface area (Å²) in [6, 6.07) is 11.5. The summed E-state index contributed by atoms with van der Waals surface area (Å²) in [4.78, 5) is 10.8. The number of aryl methyl sites for hydroxylation is 1. The number of ether oxygens (including phenoxy) is 1. The van der Waals surface area contributed by atoms with Crippen LogP contribution in [-0.2, 0) is 24.1 Å². The number of aliphatic carboxylic acids is 1. The highest BCUT2D eigenvalue weighted by Gasteiger charge is 2.23. The van der Waals surface area contributed by atoms with Gasteiger partial charge in [-0.3, -0.25) is 0 Å². The van der Waals surface area contributed by atoms with Gasteiger partial charge in [0, 0.05) is 17.6 Å². The first-order chi connectivity index (χ1) is 13.5. The second-order valence-electron chi connectivity index (χ2n) is 7.13. The van der Waals surface area contributed by atoms with E-state index < -0.39 is 12.1 Å². The topological polar surface area (TPSA) is 78.8 Å². The Morgan fingerprint density at radius 1 is 1.36 bits per heavy atom. The summed E-state index contributed by atoms with van der Waals surface area (Å²) in [7, 11) is 0. The Morgan fingerprint density at radius 3 is 2.89 bits per heavy atom. The third-order valence-corrected chi connectivity index (χ3v) is 5.47. The first-order valence-electron chi connectivity index (χ1n) is 9.63. The van der Waals surface area contributed by atoms with Gasteiger partial charge < -0.3 is 20.3 Å². The SMILES string of the molecule is CCc1c(OCC(=O)O)ccc2c1C[C@@H](NC[C@H](O)c1cccc(Cl)c1)CC2. The average Bonchev–Trinajstić information content (AvgIpc) is 2.69. The van der Waals surface area contributed by atoms with Crippen LogP contribution in [0.1, 0.15) is 41.7 Å². The summed E-state index contributed by atoms with van der Waals surface area (Å²) in [5.74, 6) is -0.322. The molecule has 1 aliphatic carbocycles. The molecule has 2 aromatic carbocycles. The van der Waals surface area contributed by atoms with Crippen LogP contribution in [0.4, 0.5) is 0 Å². The molecule has 3 N–H and O–H groups in total. The summed E-state index contributed by atoms with van der Waals surface area (Å²) in [5.41, 5.74) is 4.43. The zero-order valence-corrected chi connectivity index (χ0v) is 16.7. The number of aliphatic hydroxyl groups is 1. The number of carbonyl (C=O) groups is 1. The van der Waals surface area contributed by atoms with Crippen LogP contribution in [0.25, 0.3) is 0 Å². The predicted molar refractivity (Wildman–Crippen MR) is 109 cm³/mol. The van der Waals surface area contributed by atoms with Crippen molar-refractivity contribution in [2.45, 2.75) is 44.8 Å². The van der Waals surface area contributed by atoms with Crippen molar-refractivity contribution < 1.29 is 19.7 Å². The fraction of sp³-hybridized carbons (Fsp3) is 0.409. The van der Waals surface area contributed by atoms with E-state index in [4.69, 9.17) is 21.4 Å². The molecule has 0 aliphatic heterocycles. The molecule has 0 amide bonds. The van der Waals surface area contributed by atoms with E-state index in [-0.39, 0.29) is 12.6 Å². The standard InChI is InChI=1S/C22H26ClNO4/c1-2-18-19-11-17(24-12-20(25)15-4-3-5-16(23)10-15)8-6-14(19)7-9-21(18)28-13-22(26)27/h3-5,7,9-10,17,20,24-25H,2,6,8,11-13H2,1H3,(H,26,27)/t17-,20-/m0/s1. The molecule has 2 atom stereocenters. The van der Waals surface area contributed by atoms with Crippen molar-refractivity contribution in [1.82, 2.24) is 5.32 Å². The van der Waals surface area contributed by atoms with Gasteiger partial charge in [-0.05, 0) is 66.1 Å². The maximum atomic E-state index is 10.8. The second-order valence-corrected chi connectivity index (χ2v) is 7.57. The molecule has 3 rings (SSSR count). The Morgan fingerprint density at radius 2 is 2.18 bits per heavy atom. The highest BCUT2D eigenvalue weighted by Crippen LogP contribution is 2.32. The molecule has 6 heteroatoms. The molecule has 0 spiro atoms. The van der Waals surface area contributed by atoms with E-state index in [1.54, 1.807) is 12.1 Å². The first kappa shape index (κ1) is 20.6. The predicted octanol–water partition coefficient (Wildman–Crippen LogP) is 3.55. The zero-order chi connectivity index (χ0) is 20.1. The second kappa shape index (κ2) is 9.41. The van der Waals surface area contributed by atoms with E-state index in [1.807, 2.05) is 24.3 Å². The van der Waals surface area contributed by atoms with Gasteiger partial charge in [0.25, 0.3) is 0 Å². The van der Waals surface area contributed by atoms with Crippen molar-refractivity contribution in [2.75, 3.05) is 13.2 Å². The fourth-order valence-electron chi connectivity index (χ4n) is 3.83. The van der Waals surface area contributed by atoms with Gasteiger partial charge in [0.05, 0.1) is 6.10 Å². The number of fused-ring (bicyclic) bond motifs is 1. The first-order valence-corrected chi connectivity index (χ1v) is 10.0. The van der Waals surface area contributed by atoms with Crippen LogP contribution in [0.15, 0.2) is 36.4 Å². The normalized spacial score (nSPS) is 17.0. The molecular weight excluding hydrogens is 378 g/mol. The largest absolute Gasteiger partial charge is 0.482 e. The van der Waals surface area contributed by atoms with E-state index in [0.29, 0.717) is 17.3 Å². The lowest BCUT2D eigenvalue weighted by atomic mass is 9.84. The van der Waals surface area contributed by atoms with Crippen LogP contribution in [-0.4, -0.2) is 35.4 Å². The molecule has 0 radical (unpaired) electrons. The summed E-state index contributed by atoms with van der Waals surface area (Å²) in [6.07, 6.45) is 2.96. The minimum absolute atomic E-state index is 0.251. The van der Waals surface area contributed by atoms with E-state index in [2.05, 4.69) is 12.2 Å². The van der Waals surface area contributed by atoms with Crippen molar-refractivity contribution in [3.63, 3.8) is 0 Å². The number of carboxylic acid groups (broad SMARTS) is 1. The molecular formula is C22H26ClNO4. The Bertz CT molecular complexity index is 839. The molecule has 0 unspecified atom stereocenters. The summed E-state index contributed by atoms with van der Waals surface area (Å²) in [5, 5.41) is 23.4. The van der Waals surface area contributed by atoms with E-state index in [9.17, 15) is 9.90 Å². The summed E-state index contributed by atoms with van der Waals surface area (Å²) >= 11 is 6.01. The number of benzene rings is 2. The minimum Gasteiger partial charge on any atom is -0.482 e. The van der Waals surface area contributed by atoms with Crippen molar-refractivity contribution in [1.29, 1.82) is 0 Å². The number of nitrogens with one attached hydrogen (secondary N) is 1. The molecule has 28 heavy (non-hydrogen) atoms. The maximum absolute atomic E-state index is 10.8. The molecule has 0 saturated heterocycles. The molecule has 0 fully saturated rings. The fourth-order valence-corrected chi connectivity index (χ4v) is 4.03. The molecule has 0 aromatic heterocycles. The van der Waals surface area contributed by atoms with E-state index in [1.165, 1.54) is 11.1 Å². The smallest absolute Gasteiger partial charge is 0.341 e. The van der Waals surface area contributed by atoms with Gasteiger partial charge in [0.2, 0.25) is 0 Å². The van der Waals surface area contributed by atoms with Gasteiger partial charge in [-0.25, -0.2) is 4.79 Å². The summed E-state index contributed by atoms with van der Waals surface area (Å²) in [6.45, 7) is 2.18. The van der Waals surface area contributed by atoms with Crippen molar-refractivity contribution in [2.24, 2.45) is 0 Å². The van der Waals surface area contributed by atoms with Crippen molar-refractivity contribution in [3.8, 4) is 5.75 Å². The maximum Gasteiger partial charge on any atom is 0.341 e. The number of halogens is 1. The molecule has 2 aromatic rings. The molecule has 0 bridgehead atoms. The van der Waals surface area contributed by atoms with Gasteiger partial charge in [-0.2, -0.15) is 0 Å². The Hall–Kier alpha value is -2.08. The van der Waals surface area contributed by atoms with Gasteiger partial charge in [-0.1, -0.05) is 36.7 Å². The third-order valence-electron chi connectivity index (χ3n) is 5.24. The Balaban J connectivity index is 1.67.